The minimum atomic E-state index is -0.265. The number of urea groups is 1. The highest BCUT2D eigenvalue weighted by Gasteiger charge is 2.32. The summed E-state index contributed by atoms with van der Waals surface area (Å²) in [6, 6.07) is 7.53. The van der Waals surface area contributed by atoms with Gasteiger partial charge in [-0.2, -0.15) is 5.10 Å². The molecule has 0 unspecified atom stereocenters. The molecule has 176 valence electrons. The van der Waals surface area contributed by atoms with Gasteiger partial charge in [-0.1, -0.05) is 32.0 Å². The van der Waals surface area contributed by atoms with Crippen LogP contribution in [0.1, 0.15) is 37.3 Å². The van der Waals surface area contributed by atoms with Gasteiger partial charge in [-0.3, -0.25) is 9.91 Å². The third-order valence-corrected chi connectivity index (χ3v) is 5.37. The van der Waals surface area contributed by atoms with Gasteiger partial charge in [-0.25, -0.2) is 14.8 Å². The van der Waals surface area contributed by atoms with Gasteiger partial charge in [-0.15, -0.1) is 0 Å². The van der Waals surface area contributed by atoms with Crippen LogP contribution in [-0.4, -0.2) is 65.6 Å². The molecule has 3 rings (SSSR count). The third-order valence-electron chi connectivity index (χ3n) is 5.37. The molecule has 0 aliphatic carbocycles. The fraction of sp³-hybridized carbons (Fsp3) is 0.391. The Morgan fingerprint density at radius 3 is 2.67 bits per heavy atom. The highest BCUT2D eigenvalue weighted by molar-refractivity contribution is 6.15. The SMILES string of the molecule is COCCN(C)N=C1C(=C(N)c2cnc(N)nc2)CCN1C(=O)Nc1ccccc1C(C)C. The summed E-state index contributed by atoms with van der Waals surface area (Å²) in [6.45, 7) is 5.69. The van der Waals surface area contributed by atoms with E-state index in [1.54, 1.807) is 29.4 Å². The summed E-state index contributed by atoms with van der Waals surface area (Å²) < 4.78 is 5.15. The number of carbonyl (C=O) groups is 1. The van der Waals surface area contributed by atoms with Crippen molar-refractivity contribution in [1.29, 1.82) is 0 Å². The van der Waals surface area contributed by atoms with E-state index in [0.717, 1.165) is 16.8 Å². The van der Waals surface area contributed by atoms with E-state index in [1.807, 2.05) is 31.3 Å². The number of rotatable bonds is 7. The standard InChI is InChI=1S/C23H32N8O2/c1-15(2)17-7-5-6-8-19(17)28-23(32)31-10-9-18(21(31)29-30(3)11-12-33-4)20(24)16-13-26-22(25)27-14-16/h5-8,13-15H,9-12,24H2,1-4H3,(H,28,32)(H2,25,26,27). The quantitative estimate of drug-likeness (QED) is 0.550. The number of benzene rings is 1. The second-order valence-electron chi connectivity index (χ2n) is 8.09. The second-order valence-corrected chi connectivity index (χ2v) is 8.09. The van der Waals surface area contributed by atoms with Crippen LogP contribution in [-0.2, 0) is 4.74 Å². The molecule has 1 aromatic carbocycles. The number of amides is 2. The topological polar surface area (TPSA) is 135 Å². The number of likely N-dealkylation sites (tertiary alicyclic amines) is 1. The molecule has 2 aromatic rings. The van der Waals surface area contributed by atoms with Gasteiger partial charge in [-0.05, 0) is 24.0 Å². The molecule has 0 spiro atoms. The zero-order valence-corrected chi connectivity index (χ0v) is 19.6. The molecule has 2 heterocycles. The summed E-state index contributed by atoms with van der Waals surface area (Å²) in [6.07, 6.45) is 3.68. The zero-order valence-electron chi connectivity index (χ0n) is 19.6. The number of nitrogens with one attached hydrogen (secondary N) is 1. The van der Waals surface area contributed by atoms with Crippen molar-refractivity contribution in [3.05, 3.63) is 53.4 Å². The first kappa shape index (κ1) is 24.0. The number of nitrogen functional groups attached to an aromatic ring is 1. The van der Waals surface area contributed by atoms with Gasteiger partial charge in [0, 0.05) is 55.6 Å². The summed E-state index contributed by atoms with van der Waals surface area (Å²) in [4.78, 5) is 23.0. The Bertz CT molecular complexity index is 1030. The zero-order chi connectivity index (χ0) is 24.0. The van der Waals surface area contributed by atoms with Gasteiger partial charge in [0.05, 0.1) is 13.2 Å². The van der Waals surface area contributed by atoms with Gasteiger partial charge >= 0.3 is 6.03 Å². The lowest BCUT2D eigenvalue weighted by molar-refractivity contribution is 0.163. The van der Waals surface area contributed by atoms with Crippen LogP contribution in [0.3, 0.4) is 0 Å². The van der Waals surface area contributed by atoms with E-state index in [1.165, 1.54) is 0 Å². The van der Waals surface area contributed by atoms with E-state index in [4.69, 9.17) is 21.3 Å². The fourth-order valence-electron chi connectivity index (χ4n) is 3.55. The Hall–Kier alpha value is -3.66. The number of likely N-dealkylation sites (N-methyl/N-ethyl adjacent to an activating group) is 1. The largest absolute Gasteiger partial charge is 0.398 e. The van der Waals surface area contributed by atoms with Crippen molar-refractivity contribution in [3.63, 3.8) is 0 Å². The van der Waals surface area contributed by atoms with Gasteiger partial charge in [0.25, 0.3) is 0 Å². The molecule has 1 aliphatic heterocycles. The van der Waals surface area contributed by atoms with E-state index < -0.39 is 0 Å². The molecule has 0 saturated carbocycles. The lowest BCUT2D eigenvalue weighted by Crippen LogP contribution is -2.38. The van der Waals surface area contributed by atoms with Crippen molar-refractivity contribution in [2.75, 3.05) is 44.9 Å². The predicted octanol–water partition coefficient (Wildman–Crippen LogP) is 2.68. The Morgan fingerprint density at radius 1 is 1.30 bits per heavy atom. The molecule has 33 heavy (non-hydrogen) atoms. The summed E-state index contributed by atoms with van der Waals surface area (Å²) in [5, 5.41) is 9.47. The van der Waals surface area contributed by atoms with Crippen molar-refractivity contribution in [2.24, 2.45) is 10.8 Å². The van der Waals surface area contributed by atoms with Crippen LogP contribution in [0.25, 0.3) is 5.70 Å². The van der Waals surface area contributed by atoms with Gasteiger partial charge in [0.1, 0.15) is 0 Å². The number of anilines is 2. The maximum Gasteiger partial charge on any atom is 0.327 e. The molecule has 10 nitrogen and oxygen atoms in total. The first-order valence-corrected chi connectivity index (χ1v) is 10.8. The lowest BCUT2D eigenvalue weighted by Gasteiger charge is -2.22. The van der Waals surface area contributed by atoms with Gasteiger partial charge in [0.15, 0.2) is 5.84 Å². The number of amidine groups is 1. The van der Waals surface area contributed by atoms with Crippen molar-refractivity contribution >= 4 is 29.2 Å². The molecule has 10 heteroatoms. The van der Waals surface area contributed by atoms with Crippen molar-refractivity contribution in [3.8, 4) is 0 Å². The maximum atomic E-state index is 13.3. The summed E-state index contributed by atoms with van der Waals surface area (Å²) in [5.41, 5.74) is 15.8. The number of hydrogen-bond acceptors (Lipinski definition) is 8. The number of hydrogen-bond donors (Lipinski definition) is 3. The molecule has 1 aromatic heterocycles. The summed E-state index contributed by atoms with van der Waals surface area (Å²) >= 11 is 0. The molecule has 0 bridgehead atoms. The van der Waals surface area contributed by atoms with Crippen LogP contribution < -0.4 is 16.8 Å². The molecular formula is C23H32N8O2. The van der Waals surface area contributed by atoms with Crippen molar-refractivity contribution in [1.82, 2.24) is 19.9 Å². The van der Waals surface area contributed by atoms with E-state index in [-0.39, 0.29) is 17.9 Å². The highest BCUT2D eigenvalue weighted by atomic mass is 16.5. The first-order chi connectivity index (χ1) is 15.8. The lowest BCUT2D eigenvalue weighted by atomic mass is 10.0. The molecule has 0 radical (unpaired) electrons. The van der Waals surface area contributed by atoms with Crippen molar-refractivity contribution < 1.29 is 9.53 Å². The van der Waals surface area contributed by atoms with E-state index in [0.29, 0.717) is 43.2 Å². The Labute approximate surface area is 194 Å². The molecule has 0 atom stereocenters. The Morgan fingerprint density at radius 2 is 2.00 bits per heavy atom. The predicted molar refractivity (Wildman–Crippen MR) is 130 cm³/mol. The molecule has 5 N–H and O–H groups in total. The molecule has 1 aliphatic rings. The molecular weight excluding hydrogens is 420 g/mol. The minimum absolute atomic E-state index is 0.168. The smallest absolute Gasteiger partial charge is 0.327 e. The van der Waals surface area contributed by atoms with E-state index in [2.05, 4.69) is 29.1 Å². The molecule has 1 saturated heterocycles. The van der Waals surface area contributed by atoms with Crippen LogP contribution in [0.2, 0.25) is 0 Å². The van der Waals surface area contributed by atoms with E-state index >= 15 is 0 Å². The van der Waals surface area contributed by atoms with Crippen LogP contribution in [0, 0.1) is 0 Å². The average molecular weight is 453 g/mol. The van der Waals surface area contributed by atoms with Crippen molar-refractivity contribution in [2.45, 2.75) is 26.2 Å². The third kappa shape index (κ3) is 5.78. The number of para-hydroxylation sites is 1. The number of nitrogens with zero attached hydrogens (tertiary/aromatic N) is 5. The number of hydrazone groups is 1. The van der Waals surface area contributed by atoms with Crippen LogP contribution in [0.4, 0.5) is 16.4 Å². The highest BCUT2D eigenvalue weighted by Crippen LogP contribution is 2.28. The van der Waals surface area contributed by atoms with E-state index in [9.17, 15) is 4.79 Å². The summed E-state index contributed by atoms with van der Waals surface area (Å²) in [7, 11) is 3.46. The van der Waals surface area contributed by atoms with Gasteiger partial charge in [0.2, 0.25) is 5.95 Å². The van der Waals surface area contributed by atoms with Crippen LogP contribution in [0.5, 0.6) is 0 Å². The number of methoxy groups -OCH3 is 1. The average Bonchev–Trinajstić information content (AvgIpc) is 3.21. The van der Waals surface area contributed by atoms with Crippen LogP contribution >= 0.6 is 0 Å². The second kappa shape index (κ2) is 10.8. The number of ether oxygens (including phenoxy) is 1. The minimum Gasteiger partial charge on any atom is -0.398 e. The van der Waals surface area contributed by atoms with Gasteiger partial charge < -0.3 is 21.5 Å². The molecule has 2 amide bonds. The maximum absolute atomic E-state index is 13.3. The molecule has 1 fully saturated rings. The summed E-state index contributed by atoms with van der Waals surface area (Å²) in [5.74, 6) is 0.924. The fourth-order valence-corrected chi connectivity index (χ4v) is 3.55. The normalized spacial score (nSPS) is 16.4. The number of carbonyl (C=O) groups excluding carboxylic acids is 1. The first-order valence-electron chi connectivity index (χ1n) is 10.8. The van der Waals surface area contributed by atoms with Crippen LogP contribution in [0.15, 0.2) is 47.3 Å². The Kier molecular flexibility index (Phi) is 7.83. The number of aromatic nitrogens is 2. The monoisotopic (exact) mass is 452 g/mol. The Balaban J connectivity index is 1.95. The number of nitrogens with two attached hydrogens (primary N) is 2.